The lowest BCUT2D eigenvalue weighted by Gasteiger charge is -2.12. The zero-order chi connectivity index (χ0) is 12.3. The molecule has 1 atom stereocenters. The number of hydrogen-bond acceptors (Lipinski definition) is 4. The average Bonchev–Trinajstić information content (AvgIpc) is 2.43. The summed E-state index contributed by atoms with van der Waals surface area (Å²) in [6.07, 6.45) is 1.92. The third-order valence-corrected chi connectivity index (χ3v) is 3.13. The molecule has 1 unspecified atom stereocenters. The summed E-state index contributed by atoms with van der Waals surface area (Å²) in [7, 11) is -1.54. The molecule has 0 aromatic carbocycles. The SMILES string of the molecule is Cc1nn(C)cc1C(C)NCCS(N)(=O)=O. The Morgan fingerprint density at radius 3 is 2.69 bits per heavy atom. The number of nitrogens with one attached hydrogen (secondary N) is 1. The van der Waals surface area contributed by atoms with E-state index in [9.17, 15) is 8.42 Å². The number of aromatic nitrogens is 2. The fourth-order valence-corrected chi connectivity index (χ4v) is 1.97. The van der Waals surface area contributed by atoms with E-state index in [-0.39, 0.29) is 11.8 Å². The van der Waals surface area contributed by atoms with Crippen LogP contribution in [0, 0.1) is 6.92 Å². The van der Waals surface area contributed by atoms with E-state index >= 15 is 0 Å². The Morgan fingerprint density at radius 2 is 2.25 bits per heavy atom. The number of aryl methyl sites for hydroxylation is 2. The molecule has 16 heavy (non-hydrogen) atoms. The molecular weight excluding hydrogens is 228 g/mol. The largest absolute Gasteiger partial charge is 0.309 e. The van der Waals surface area contributed by atoms with Crippen LogP contribution in [0.25, 0.3) is 0 Å². The highest BCUT2D eigenvalue weighted by molar-refractivity contribution is 7.89. The van der Waals surface area contributed by atoms with Crippen LogP contribution >= 0.6 is 0 Å². The van der Waals surface area contributed by atoms with Gasteiger partial charge in [0.05, 0.1) is 11.4 Å². The van der Waals surface area contributed by atoms with Crippen LogP contribution in [0.5, 0.6) is 0 Å². The molecule has 0 spiro atoms. The van der Waals surface area contributed by atoms with E-state index in [1.165, 1.54) is 0 Å². The fourth-order valence-electron chi connectivity index (χ4n) is 1.57. The van der Waals surface area contributed by atoms with Gasteiger partial charge in [-0.25, -0.2) is 13.6 Å². The van der Waals surface area contributed by atoms with Gasteiger partial charge >= 0.3 is 0 Å². The highest BCUT2D eigenvalue weighted by atomic mass is 32.2. The molecule has 0 aliphatic rings. The summed E-state index contributed by atoms with van der Waals surface area (Å²) in [4.78, 5) is 0. The van der Waals surface area contributed by atoms with E-state index in [1.807, 2.05) is 27.1 Å². The van der Waals surface area contributed by atoms with E-state index in [0.29, 0.717) is 6.54 Å². The molecule has 1 aromatic heterocycles. The normalized spacial score (nSPS) is 14.0. The first-order chi connectivity index (χ1) is 7.29. The van der Waals surface area contributed by atoms with Gasteiger partial charge in [0.15, 0.2) is 0 Å². The molecule has 0 fully saturated rings. The van der Waals surface area contributed by atoms with E-state index in [1.54, 1.807) is 4.68 Å². The van der Waals surface area contributed by atoms with Gasteiger partial charge in [0, 0.05) is 31.4 Å². The second-order valence-corrected chi connectivity index (χ2v) is 5.62. The molecule has 0 aliphatic carbocycles. The maximum absolute atomic E-state index is 10.7. The number of rotatable bonds is 5. The van der Waals surface area contributed by atoms with Gasteiger partial charge in [-0.1, -0.05) is 0 Å². The fraction of sp³-hybridized carbons (Fsp3) is 0.667. The van der Waals surface area contributed by atoms with Crippen LogP contribution in [-0.4, -0.2) is 30.5 Å². The van der Waals surface area contributed by atoms with Gasteiger partial charge in [-0.2, -0.15) is 5.10 Å². The minimum atomic E-state index is -3.39. The van der Waals surface area contributed by atoms with Gasteiger partial charge < -0.3 is 5.32 Å². The Balaban J connectivity index is 2.53. The molecule has 0 radical (unpaired) electrons. The van der Waals surface area contributed by atoms with Crippen molar-refractivity contribution in [2.24, 2.45) is 12.2 Å². The maximum atomic E-state index is 10.7. The number of nitrogens with zero attached hydrogens (tertiary/aromatic N) is 2. The van der Waals surface area contributed by atoms with Crippen molar-refractivity contribution in [3.05, 3.63) is 17.5 Å². The second kappa shape index (κ2) is 4.94. The number of primary sulfonamides is 1. The first-order valence-electron chi connectivity index (χ1n) is 5.03. The molecule has 0 saturated carbocycles. The zero-order valence-electron chi connectivity index (χ0n) is 9.77. The lowest BCUT2D eigenvalue weighted by atomic mass is 10.1. The predicted molar refractivity (Wildman–Crippen MR) is 62.3 cm³/mol. The highest BCUT2D eigenvalue weighted by Crippen LogP contribution is 2.14. The molecule has 6 nitrogen and oxygen atoms in total. The van der Waals surface area contributed by atoms with Crippen LogP contribution in [0.3, 0.4) is 0 Å². The quantitative estimate of drug-likeness (QED) is 0.744. The summed E-state index contributed by atoms with van der Waals surface area (Å²) >= 11 is 0. The van der Waals surface area contributed by atoms with Gasteiger partial charge in [0.1, 0.15) is 0 Å². The first-order valence-corrected chi connectivity index (χ1v) is 6.75. The molecule has 0 aliphatic heterocycles. The van der Waals surface area contributed by atoms with Crippen LogP contribution in [0.1, 0.15) is 24.2 Å². The van der Waals surface area contributed by atoms with Crippen molar-refractivity contribution in [3.63, 3.8) is 0 Å². The monoisotopic (exact) mass is 246 g/mol. The van der Waals surface area contributed by atoms with E-state index in [4.69, 9.17) is 5.14 Å². The number of sulfonamides is 1. The summed E-state index contributed by atoms with van der Waals surface area (Å²) in [6, 6.07) is 0.0652. The number of nitrogens with two attached hydrogens (primary N) is 1. The van der Waals surface area contributed by atoms with Crippen LogP contribution < -0.4 is 10.5 Å². The summed E-state index contributed by atoms with van der Waals surface area (Å²) in [5.74, 6) is -0.0589. The Labute approximate surface area is 95.9 Å². The van der Waals surface area contributed by atoms with Crippen LogP contribution in [0.15, 0.2) is 6.20 Å². The van der Waals surface area contributed by atoms with Gasteiger partial charge in [-0.05, 0) is 13.8 Å². The van der Waals surface area contributed by atoms with Crippen LogP contribution in [0.2, 0.25) is 0 Å². The third-order valence-electron chi connectivity index (χ3n) is 2.36. The van der Waals surface area contributed by atoms with Crippen LogP contribution in [-0.2, 0) is 17.1 Å². The molecule has 0 bridgehead atoms. The van der Waals surface area contributed by atoms with Crippen molar-refractivity contribution < 1.29 is 8.42 Å². The van der Waals surface area contributed by atoms with Crippen molar-refractivity contribution >= 4 is 10.0 Å². The molecule has 0 amide bonds. The van der Waals surface area contributed by atoms with Crippen molar-refractivity contribution in [1.29, 1.82) is 0 Å². The number of hydrogen-bond donors (Lipinski definition) is 2. The molecular formula is C9H18N4O2S. The van der Waals surface area contributed by atoms with Crippen molar-refractivity contribution in [2.75, 3.05) is 12.3 Å². The van der Waals surface area contributed by atoms with Gasteiger partial charge in [0.2, 0.25) is 10.0 Å². The van der Waals surface area contributed by atoms with E-state index in [2.05, 4.69) is 10.4 Å². The van der Waals surface area contributed by atoms with Gasteiger partial charge in [-0.15, -0.1) is 0 Å². The predicted octanol–water partition coefficient (Wildman–Crippen LogP) is -0.332. The highest BCUT2D eigenvalue weighted by Gasteiger charge is 2.11. The smallest absolute Gasteiger partial charge is 0.210 e. The third kappa shape index (κ3) is 3.92. The molecule has 1 heterocycles. The first kappa shape index (κ1) is 13.1. The summed E-state index contributed by atoms with van der Waals surface area (Å²) in [6.45, 7) is 4.23. The maximum Gasteiger partial charge on any atom is 0.210 e. The standard InChI is InChI=1S/C9H18N4O2S/c1-7(11-4-5-16(10,14)15)9-6-13(3)12-8(9)2/h6-7,11H,4-5H2,1-3H3,(H2,10,14,15). The average molecular weight is 246 g/mol. The summed E-state index contributed by atoms with van der Waals surface area (Å²) < 4.78 is 23.2. The zero-order valence-corrected chi connectivity index (χ0v) is 10.6. The van der Waals surface area contributed by atoms with Crippen molar-refractivity contribution in [2.45, 2.75) is 19.9 Å². The van der Waals surface area contributed by atoms with Crippen molar-refractivity contribution in [3.8, 4) is 0 Å². The molecule has 92 valence electrons. The Kier molecular flexibility index (Phi) is 4.06. The lowest BCUT2D eigenvalue weighted by Crippen LogP contribution is -2.29. The van der Waals surface area contributed by atoms with E-state index in [0.717, 1.165) is 11.3 Å². The molecule has 0 saturated heterocycles. The minimum absolute atomic E-state index is 0.0589. The van der Waals surface area contributed by atoms with Gasteiger partial charge in [-0.3, -0.25) is 4.68 Å². The van der Waals surface area contributed by atoms with Crippen LogP contribution in [0.4, 0.5) is 0 Å². The second-order valence-electron chi connectivity index (χ2n) is 3.89. The summed E-state index contributed by atoms with van der Waals surface area (Å²) in [5, 5.41) is 12.2. The minimum Gasteiger partial charge on any atom is -0.309 e. The Hall–Kier alpha value is -0.920. The molecule has 7 heteroatoms. The topological polar surface area (TPSA) is 90.0 Å². The summed E-state index contributed by atoms with van der Waals surface area (Å²) in [5.41, 5.74) is 2.01. The lowest BCUT2D eigenvalue weighted by molar-refractivity contribution is 0.572. The molecule has 1 rings (SSSR count). The van der Waals surface area contributed by atoms with E-state index < -0.39 is 10.0 Å². The molecule has 3 N–H and O–H groups in total. The Bertz CT molecular complexity index is 452. The molecule has 1 aromatic rings. The Morgan fingerprint density at radius 1 is 1.62 bits per heavy atom. The van der Waals surface area contributed by atoms with Gasteiger partial charge in [0.25, 0.3) is 0 Å². The van der Waals surface area contributed by atoms with Crippen molar-refractivity contribution in [1.82, 2.24) is 15.1 Å².